The highest BCUT2D eigenvalue weighted by Gasteiger charge is 2.35. The van der Waals surface area contributed by atoms with Crippen molar-refractivity contribution in [1.29, 1.82) is 0 Å². The number of carbonyl (C=O) groups is 2. The van der Waals surface area contributed by atoms with Crippen LogP contribution in [0.2, 0.25) is 0 Å². The number of benzene rings is 2. The number of methoxy groups -OCH3 is 1. The standard InChI is InChI=1S/C30H34N4O5/c1-17-11-12-22-24(32(17)30(38)39-3)13-14-25-27(22)31-28(34(25)21-9-6-8-20(15-21)29(36)37)18(2)33-23-10-5-4-7-19(23)16-26(33)35/h4-5,7,10,13-14,16-18,20-21,35H,6,8-9,11-12,15H2,1-3H3,(H,36,37)/t17-,18-,20+,21+/m0/s1. The summed E-state index contributed by atoms with van der Waals surface area (Å²) in [6.07, 6.45) is 4.05. The molecule has 1 fully saturated rings. The zero-order valence-corrected chi connectivity index (χ0v) is 22.5. The lowest BCUT2D eigenvalue weighted by Crippen LogP contribution is -2.42. The maximum atomic E-state index is 12.7. The monoisotopic (exact) mass is 530 g/mol. The van der Waals surface area contributed by atoms with Crippen LogP contribution in [0.25, 0.3) is 21.9 Å². The predicted molar refractivity (Wildman–Crippen MR) is 148 cm³/mol. The number of aromatic nitrogens is 3. The molecular weight excluding hydrogens is 496 g/mol. The van der Waals surface area contributed by atoms with Crippen molar-refractivity contribution in [2.24, 2.45) is 5.92 Å². The summed E-state index contributed by atoms with van der Waals surface area (Å²) >= 11 is 0. The lowest BCUT2D eigenvalue weighted by Gasteiger charge is -2.34. The maximum absolute atomic E-state index is 12.7. The van der Waals surface area contributed by atoms with Gasteiger partial charge in [-0.3, -0.25) is 9.69 Å². The van der Waals surface area contributed by atoms with E-state index in [1.54, 1.807) is 11.0 Å². The van der Waals surface area contributed by atoms with E-state index in [0.717, 1.165) is 64.7 Å². The SMILES string of the molecule is COC(=O)N1c2ccc3c(nc([C@H](C)n4c(O)cc5ccccc54)n3[C@@H]3CCC[C@@H](C(=O)O)C3)c2CC[C@@H]1C. The Morgan fingerprint density at radius 2 is 1.90 bits per heavy atom. The van der Waals surface area contributed by atoms with Crippen LogP contribution in [0, 0.1) is 5.92 Å². The second kappa shape index (κ2) is 9.63. The van der Waals surface area contributed by atoms with Gasteiger partial charge >= 0.3 is 12.1 Å². The summed E-state index contributed by atoms with van der Waals surface area (Å²) in [5.74, 6) is -0.234. The molecule has 39 heavy (non-hydrogen) atoms. The van der Waals surface area contributed by atoms with E-state index in [4.69, 9.17) is 9.72 Å². The lowest BCUT2D eigenvalue weighted by molar-refractivity contribution is -0.143. The van der Waals surface area contributed by atoms with Gasteiger partial charge in [-0.25, -0.2) is 9.78 Å². The summed E-state index contributed by atoms with van der Waals surface area (Å²) in [7, 11) is 1.40. The average molecular weight is 531 g/mol. The summed E-state index contributed by atoms with van der Waals surface area (Å²) in [5, 5.41) is 21.8. The predicted octanol–water partition coefficient (Wildman–Crippen LogP) is 6.03. The molecule has 0 unspecified atom stereocenters. The number of rotatable bonds is 4. The van der Waals surface area contributed by atoms with Crippen molar-refractivity contribution in [3.63, 3.8) is 0 Å². The Bertz CT molecular complexity index is 1590. The number of hydrogen-bond donors (Lipinski definition) is 2. The van der Waals surface area contributed by atoms with Gasteiger partial charge in [-0.15, -0.1) is 0 Å². The van der Waals surface area contributed by atoms with Crippen LogP contribution in [0.1, 0.15) is 69.4 Å². The molecule has 0 radical (unpaired) electrons. The molecule has 6 rings (SSSR count). The number of imidazole rings is 1. The highest BCUT2D eigenvalue weighted by atomic mass is 16.5. The Morgan fingerprint density at radius 1 is 1.10 bits per heavy atom. The molecule has 4 atom stereocenters. The van der Waals surface area contributed by atoms with E-state index in [-0.39, 0.29) is 24.0 Å². The number of aryl methyl sites for hydroxylation is 1. The van der Waals surface area contributed by atoms with E-state index in [9.17, 15) is 19.8 Å². The van der Waals surface area contributed by atoms with Crippen molar-refractivity contribution in [2.45, 2.75) is 70.5 Å². The summed E-state index contributed by atoms with van der Waals surface area (Å²) in [5.41, 5.74) is 4.46. The number of fused-ring (bicyclic) bond motifs is 4. The highest BCUT2D eigenvalue weighted by molar-refractivity contribution is 5.95. The molecule has 9 heteroatoms. The van der Waals surface area contributed by atoms with Gasteiger partial charge in [-0.05, 0) is 64.2 Å². The Labute approximate surface area is 226 Å². The van der Waals surface area contributed by atoms with Gasteiger partial charge in [0, 0.05) is 29.1 Å². The van der Waals surface area contributed by atoms with Gasteiger partial charge in [0.15, 0.2) is 5.88 Å². The third-order valence-corrected chi connectivity index (χ3v) is 8.70. The summed E-state index contributed by atoms with van der Waals surface area (Å²) < 4.78 is 9.20. The number of anilines is 1. The maximum Gasteiger partial charge on any atom is 0.414 e. The van der Waals surface area contributed by atoms with Crippen molar-refractivity contribution >= 4 is 39.7 Å². The number of hydrogen-bond acceptors (Lipinski definition) is 5. The molecule has 4 aromatic rings. The summed E-state index contributed by atoms with van der Waals surface area (Å²) in [6, 6.07) is 13.2. The topological polar surface area (TPSA) is 110 Å². The quantitative estimate of drug-likeness (QED) is 0.333. The molecule has 0 spiro atoms. The van der Waals surface area contributed by atoms with Gasteiger partial charge < -0.3 is 24.1 Å². The molecular formula is C30H34N4O5. The number of aliphatic carboxylic acids is 1. The number of ether oxygens (including phenoxy) is 1. The zero-order chi connectivity index (χ0) is 27.4. The second-order valence-corrected chi connectivity index (χ2v) is 11.0. The number of carboxylic acids is 1. The van der Waals surface area contributed by atoms with Gasteiger partial charge in [0.1, 0.15) is 5.82 Å². The molecule has 1 aliphatic carbocycles. The fourth-order valence-corrected chi connectivity index (χ4v) is 6.78. The normalized spacial score (nSPS) is 22.1. The van der Waals surface area contributed by atoms with Crippen molar-refractivity contribution in [3.8, 4) is 5.88 Å². The van der Waals surface area contributed by atoms with Crippen LogP contribution in [0.15, 0.2) is 42.5 Å². The first kappa shape index (κ1) is 25.3. The van der Waals surface area contributed by atoms with Crippen molar-refractivity contribution in [1.82, 2.24) is 14.1 Å². The van der Waals surface area contributed by atoms with Crippen LogP contribution in [0.4, 0.5) is 10.5 Å². The molecule has 0 bridgehead atoms. The largest absolute Gasteiger partial charge is 0.494 e. The first-order valence-electron chi connectivity index (χ1n) is 13.7. The Morgan fingerprint density at radius 3 is 2.67 bits per heavy atom. The molecule has 2 aromatic carbocycles. The van der Waals surface area contributed by atoms with E-state index >= 15 is 0 Å². The summed E-state index contributed by atoms with van der Waals surface area (Å²) in [4.78, 5) is 31.6. The van der Waals surface area contributed by atoms with E-state index in [1.165, 1.54) is 7.11 Å². The van der Waals surface area contributed by atoms with Crippen LogP contribution < -0.4 is 4.90 Å². The van der Waals surface area contributed by atoms with E-state index in [0.29, 0.717) is 12.8 Å². The first-order chi connectivity index (χ1) is 18.8. The molecule has 2 aromatic heterocycles. The fraction of sp³-hybridized carbons (Fsp3) is 0.433. The van der Waals surface area contributed by atoms with Crippen molar-refractivity contribution < 1.29 is 24.5 Å². The number of carbonyl (C=O) groups excluding carboxylic acids is 1. The smallest absolute Gasteiger partial charge is 0.414 e. The van der Waals surface area contributed by atoms with Crippen LogP contribution in [-0.2, 0) is 16.0 Å². The molecule has 204 valence electrons. The van der Waals surface area contributed by atoms with Crippen LogP contribution in [0.5, 0.6) is 5.88 Å². The van der Waals surface area contributed by atoms with E-state index in [1.807, 2.05) is 54.8 Å². The van der Waals surface area contributed by atoms with Gasteiger partial charge in [0.25, 0.3) is 0 Å². The molecule has 1 saturated carbocycles. The highest BCUT2D eigenvalue weighted by Crippen LogP contribution is 2.43. The minimum Gasteiger partial charge on any atom is -0.494 e. The minimum atomic E-state index is -0.757. The number of nitrogens with zero attached hydrogens (tertiary/aromatic N) is 4. The average Bonchev–Trinajstić information content (AvgIpc) is 3.49. The number of amides is 1. The van der Waals surface area contributed by atoms with E-state index in [2.05, 4.69) is 4.57 Å². The molecule has 1 aliphatic heterocycles. The lowest BCUT2D eigenvalue weighted by atomic mass is 9.85. The molecule has 9 nitrogen and oxygen atoms in total. The van der Waals surface area contributed by atoms with Crippen molar-refractivity contribution in [2.75, 3.05) is 12.0 Å². The number of aromatic hydroxyl groups is 1. The molecule has 2 N–H and O–H groups in total. The van der Waals surface area contributed by atoms with Gasteiger partial charge in [0.2, 0.25) is 0 Å². The van der Waals surface area contributed by atoms with Gasteiger partial charge in [-0.2, -0.15) is 0 Å². The second-order valence-electron chi connectivity index (χ2n) is 11.0. The van der Waals surface area contributed by atoms with Gasteiger partial charge in [0.05, 0.1) is 41.3 Å². The third kappa shape index (κ3) is 4.02. The van der Waals surface area contributed by atoms with Crippen LogP contribution in [-0.4, -0.2) is 49.5 Å². The summed E-state index contributed by atoms with van der Waals surface area (Å²) in [6.45, 7) is 4.04. The third-order valence-electron chi connectivity index (χ3n) is 8.70. The molecule has 1 amide bonds. The Kier molecular flexibility index (Phi) is 6.24. The van der Waals surface area contributed by atoms with E-state index < -0.39 is 18.0 Å². The number of para-hydroxylation sites is 1. The minimum absolute atomic E-state index is 0.000680. The zero-order valence-electron chi connectivity index (χ0n) is 22.5. The van der Waals surface area contributed by atoms with Crippen LogP contribution >= 0.6 is 0 Å². The van der Waals surface area contributed by atoms with Gasteiger partial charge in [-0.1, -0.05) is 24.6 Å². The Hall–Kier alpha value is -4.01. The number of carboxylic acid groups (broad SMARTS) is 1. The first-order valence-corrected chi connectivity index (χ1v) is 13.7. The Balaban J connectivity index is 1.57. The molecule has 2 aliphatic rings. The van der Waals surface area contributed by atoms with Crippen molar-refractivity contribution in [3.05, 3.63) is 53.9 Å². The molecule has 3 heterocycles. The molecule has 0 saturated heterocycles. The fourth-order valence-electron chi connectivity index (χ4n) is 6.78. The van der Waals surface area contributed by atoms with Crippen LogP contribution in [0.3, 0.4) is 0 Å².